The van der Waals surface area contributed by atoms with Crippen molar-refractivity contribution < 1.29 is 15.0 Å². The van der Waals surface area contributed by atoms with Gasteiger partial charge in [-0.15, -0.1) is 0 Å². The van der Waals surface area contributed by atoms with Gasteiger partial charge < -0.3 is 15.2 Å². The van der Waals surface area contributed by atoms with Gasteiger partial charge in [-0.2, -0.15) is 0 Å². The SMILES string of the molecule is C[C@H]1N[C@@H](C(=O)O)Cc2c[nH]c3ccc(O)c1c23. The fourth-order valence-corrected chi connectivity index (χ4v) is 2.73. The number of carbonyl (C=O) groups is 1. The van der Waals surface area contributed by atoms with Crippen LogP contribution in [0.15, 0.2) is 18.3 Å². The van der Waals surface area contributed by atoms with Crippen LogP contribution in [0.5, 0.6) is 5.75 Å². The third-order valence-corrected chi connectivity index (χ3v) is 3.55. The monoisotopic (exact) mass is 246 g/mol. The van der Waals surface area contributed by atoms with Crippen LogP contribution < -0.4 is 5.32 Å². The van der Waals surface area contributed by atoms with E-state index in [9.17, 15) is 15.0 Å². The van der Waals surface area contributed by atoms with E-state index in [0.29, 0.717) is 6.42 Å². The average molecular weight is 246 g/mol. The maximum Gasteiger partial charge on any atom is 0.321 e. The Balaban J connectivity index is 2.25. The second kappa shape index (κ2) is 3.74. The summed E-state index contributed by atoms with van der Waals surface area (Å²) in [5.41, 5.74) is 2.63. The zero-order valence-corrected chi connectivity index (χ0v) is 9.90. The van der Waals surface area contributed by atoms with E-state index in [1.165, 1.54) is 0 Å². The van der Waals surface area contributed by atoms with E-state index in [1.54, 1.807) is 6.07 Å². The lowest BCUT2D eigenvalue weighted by Gasteiger charge is -2.18. The van der Waals surface area contributed by atoms with Crippen LogP contribution in [0.25, 0.3) is 10.9 Å². The Kier molecular flexibility index (Phi) is 2.31. The van der Waals surface area contributed by atoms with Gasteiger partial charge in [0, 0.05) is 35.1 Å². The average Bonchev–Trinajstić information content (AvgIpc) is 2.63. The third kappa shape index (κ3) is 1.48. The van der Waals surface area contributed by atoms with E-state index in [-0.39, 0.29) is 11.8 Å². The lowest BCUT2D eigenvalue weighted by molar-refractivity contribution is -0.139. The Bertz CT molecular complexity index is 632. The number of phenols is 1. The van der Waals surface area contributed by atoms with Crippen molar-refractivity contribution >= 4 is 16.9 Å². The number of rotatable bonds is 1. The third-order valence-electron chi connectivity index (χ3n) is 3.55. The van der Waals surface area contributed by atoms with Crippen LogP contribution >= 0.6 is 0 Å². The van der Waals surface area contributed by atoms with Crippen molar-refractivity contribution in [3.8, 4) is 5.75 Å². The molecule has 5 heteroatoms. The molecule has 0 bridgehead atoms. The number of aromatic hydroxyl groups is 1. The highest BCUT2D eigenvalue weighted by Gasteiger charge is 2.29. The number of phenolic OH excluding ortho intramolecular Hbond substituents is 1. The summed E-state index contributed by atoms with van der Waals surface area (Å²) in [5.74, 6) is -0.669. The fourth-order valence-electron chi connectivity index (χ4n) is 2.73. The number of aromatic nitrogens is 1. The molecule has 0 amide bonds. The fraction of sp³-hybridized carbons (Fsp3) is 0.308. The van der Waals surface area contributed by atoms with Crippen molar-refractivity contribution in [2.75, 3.05) is 0 Å². The van der Waals surface area contributed by atoms with Crippen LogP contribution in [0.1, 0.15) is 24.1 Å². The van der Waals surface area contributed by atoms with Crippen molar-refractivity contribution in [1.82, 2.24) is 10.3 Å². The van der Waals surface area contributed by atoms with Crippen LogP contribution in [-0.2, 0) is 11.2 Å². The highest BCUT2D eigenvalue weighted by atomic mass is 16.4. The Morgan fingerprint density at radius 1 is 1.44 bits per heavy atom. The van der Waals surface area contributed by atoms with E-state index in [0.717, 1.165) is 22.0 Å². The number of carboxylic acid groups (broad SMARTS) is 1. The first-order chi connectivity index (χ1) is 8.58. The standard InChI is InChI=1S/C13H14N2O3/c1-6-11-10(16)3-2-8-12(11)7(5-14-8)4-9(15-6)13(17)18/h2-3,5-6,9,14-16H,4H2,1H3,(H,17,18)/t6-,9-/m1/s1. The van der Waals surface area contributed by atoms with E-state index < -0.39 is 12.0 Å². The quantitative estimate of drug-likeness (QED) is 0.614. The Morgan fingerprint density at radius 3 is 2.94 bits per heavy atom. The summed E-state index contributed by atoms with van der Waals surface area (Å²) < 4.78 is 0. The van der Waals surface area contributed by atoms with E-state index >= 15 is 0 Å². The number of aliphatic carboxylic acids is 1. The van der Waals surface area contributed by atoms with Gasteiger partial charge in [0.15, 0.2) is 0 Å². The van der Waals surface area contributed by atoms with Crippen molar-refractivity contribution in [1.29, 1.82) is 0 Å². The van der Waals surface area contributed by atoms with Gasteiger partial charge in [-0.1, -0.05) is 0 Å². The highest BCUT2D eigenvalue weighted by Crippen LogP contribution is 2.36. The smallest absolute Gasteiger partial charge is 0.321 e. The normalized spacial score (nSPS) is 22.9. The molecule has 0 unspecified atom stereocenters. The predicted octanol–water partition coefficient (Wildman–Crippen LogP) is 1.53. The molecule has 1 aromatic carbocycles. The summed E-state index contributed by atoms with van der Waals surface area (Å²) in [5, 5.41) is 23.2. The largest absolute Gasteiger partial charge is 0.508 e. The number of hydrogen-bond acceptors (Lipinski definition) is 3. The molecule has 1 aromatic heterocycles. The lowest BCUT2D eigenvalue weighted by atomic mass is 10.0. The molecule has 94 valence electrons. The maximum atomic E-state index is 11.2. The second-order valence-corrected chi connectivity index (χ2v) is 4.72. The molecule has 0 saturated carbocycles. The molecule has 0 fully saturated rings. The molecule has 3 rings (SSSR count). The van der Waals surface area contributed by atoms with Gasteiger partial charge in [-0.25, -0.2) is 0 Å². The summed E-state index contributed by atoms with van der Waals surface area (Å²) >= 11 is 0. The summed E-state index contributed by atoms with van der Waals surface area (Å²) in [7, 11) is 0. The number of aromatic amines is 1. The van der Waals surface area contributed by atoms with Gasteiger partial charge in [0.05, 0.1) is 0 Å². The van der Waals surface area contributed by atoms with E-state index in [4.69, 9.17) is 0 Å². The van der Waals surface area contributed by atoms with Crippen molar-refractivity contribution in [3.05, 3.63) is 29.5 Å². The summed E-state index contributed by atoms with van der Waals surface area (Å²) in [6, 6.07) is 2.61. The van der Waals surface area contributed by atoms with Crippen LogP contribution in [0.2, 0.25) is 0 Å². The van der Waals surface area contributed by atoms with Crippen molar-refractivity contribution in [3.63, 3.8) is 0 Å². The number of hydrogen-bond donors (Lipinski definition) is 4. The zero-order valence-electron chi connectivity index (χ0n) is 9.90. The maximum absolute atomic E-state index is 11.2. The van der Waals surface area contributed by atoms with Gasteiger partial charge in [0.2, 0.25) is 0 Å². The Labute approximate surface area is 103 Å². The molecule has 2 aromatic rings. The number of nitrogens with one attached hydrogen (secondary N) is 2. The molecule has 0 aliphatic carbocycles. The molecule has 0 saturated heterocycles. The van der Waals surface area contributed by atoms with Crippen molar-refractivity contribution in [2.24, 2.45) is 0 Å². The number of H-pyrrole nitrogens is 1. The van der Waals surface area contributed by atoms with Gasteiger partial charge in [0.1, 0.15) is 11.8 Å². The Hall–Kier alpha value is -2.01. The molecule has 2 atom stereocenters. The molecule has 0 radical (unpaired) electrons. The first-order valence-electron chi connectivity index (χ1n) is 5.88. The van der Waals surface area contributed by atoms with Gasteiger partial charge in [0.25, 0.3) is 0 Å². The highest BCUT2D eigenvalue weighted by molar-refractivity contribution is 5.90. The van der Waals surface area contributed by atoms with Gasteiger partial charge in [-0.3, -0.25) is 10.1 Å². The van der Waals surface area contributed by atoms with Crippen LogP contribution in [0.3, 0.4) is 0 Å². The van der Waals surface area contributed by atoms with Gasteiger partial charge >= 0.3 is 5.97 Å². The molecule has 4 N–H and O–H groups in total. The molecule has 18 heavy (non-hydrogen) atoms. The number of benzene rings is 1. The van der Waals surface area contributed by atoms with Gasteiger partial charge in [-0.05, 0) is 24.6 Å². The number of carboxylic acids is 1. The minimum Gasteiger partial charge on any atom is -0.508 e. The van der Waals surface area contributed by atoms with Crippen LogP contribution in [0.4, 0.5) is 0 Å². The van der Waals surface area contributed by atoms with E-state index in [2.05, 4.69) is 10.3 Å². The molecular weight excluding hydrogens is 232 g/mol. The Morgan fingerprint density at radius 2 is 2.22 bits per heavy atom. The first kappa shape index (κ1) is 11.1. The first-order valence-corrected chi connectivity index (χ1v) is 5.88. The molecule has 1 aliphatic heterocycles. The molecule has 5 nitrogen and oxygen atoms in total. The van der Waals surface area contributed by atoms with Crippen LogP contribution in [0, 0.1) is 0 Å². The minimum atomic E-state index is -0.872. The molecule has 2 heterocycles. The summed E-state index contributed by atoms with van der Waals surface area (Å²) in [6.45, 7) is 1.87. The van der Waals surface area contributed by atoms with Crippen molar-refractivity contribution in [2.45, 2.75) is 25.4 Å². The topological polar surface area (TPSA) is 85.4 Å². The minimum absolute atomic E-state index is 0.202. The second-order valence-electron chi connectivity index (χ2n) is 4.72. The zero-order chi connectivity index (χ0) is 12.9. The molecular formula is C13H14N2O3. The van der Waals surface area contributed by atoms with Crippen LogP contribution in [-0.4, -0.2) is 27.2 Å². The molecule has 1 aliphatic rings. The summed E-state index contributed by atoms with van der Waals surface area (Å²) in [4.78, 5) is 14.3. The molecule has 0 spiro atoms. The van der Waals surface area contributed by atoms with E-state index in [1.807, 2.05) is 19.2 Å². The predicted molar refractivity (Wildman–Crippen MR) is 66.6 cm³/mol. The lowest BCUT2D eigenvalue weighted by Crippen LogP contribution is -2.38. The summed E-state index contributed by atoms with van der Waals surface area (Å²) in [6.07, 6.45) is 2.24.